The van der Waals surface area contributed by atoms with Crippen LogP contribution >= 0.6 is 11.6 Å². The Morgan fingerprint density at radius 3 is 2.45 bits per heavy atom. The van der Waals surface area contributed by atoms with E-state index in [0.717, 1.165) is 16.8 Å². The number of anilines is 1. The van der Waals surface area contributed by atoms with Crippen LogP contribution in [0.4, 0.5) is 10.5 Å². The Balaban J connectivity index is 1.77. The molecular weight excluding hydrogens is 442 g/mol. The SMILES string of the molecule is Cc1nn(C(=O)N(C)C)c2c1C(c1ccc(Cl)cc1)N(c1cc(C)c3nnc(C)n3c1)C2=O. The summed E-state index contributed by atoms with van der Waals surface area (Å²) >= 11 is 6.14. The van der Waals surface area contributed by atoms with E-state index >= 15 is 0 Å². The molecular formula is C23H22ClN7O2. The van der Waals surface area contributed by atoms with Crippen LogP contribution in [-0.2, 0) is 0 Å². The first-order valence-corrected chi connectivity index (χ1v) is 10.8. The van der Waals surface area contributed by atoms with Crippen LogP contribution < -0.4 is 4.90 Å². The number of nitrogens with zero attached hydrogens (tertiary/aromatic N) is 7. The normalized spacial score (nSPS) is 15.4. The summed E-state index contributed by atoms with van der Waals surface area (Å²) < 4.78 is 3.06. The third-order valence-electron chi connectivity index (χ3n) is 5.93. The van der Waals surface area contributed by atoms with E-state index in [0.29, 0.717) is 27.8 Å². The van der Waals surface area contributed by atoms with Crippen molar-refractivity contribution in [1.29, 1.82) is 0 Å². The Bertz CT molecular complexity index is 1440. The lowest BCUT2D eigenvalue weighted by Gasteiger charge is -2.27. The first-order valence-electron chi connectivity index (χ1n) is 10.4. The summed E-state index contributed by atoms with van der Waals surface area (Å²) in [7, 11) is 3.26. The highest BCUT2D eigenvalue weighted by Gasteiger charge is 2.45. The molecule has 4 heterocycles. The molecule has 2 amide bonds. The zero-order chi connectivity index (χ0) is 23.6. The van der Waals surface area contributed by atoms with Gasteiger partial charge in [-0.15, -0.1) is 10.2 Å². The molecule has 9 nitrogen and oxygen atoms in total. The summed E-state index contributed by atoms with van der Waals surface area (Å²) in [5.74, 6) is 0.414. The van der Waals surface area contributed by atoms with E-state index in [1.165, 1.54) is 9.58 Å². The summed E-state index contributed by atoms with van der Waals surface area (Å²) in [5.41, 5.74) is 4.74. The molecule has 0 spiro atoms. The van der Waals surface area contributed by atoms with Crippen molar-refractivity contribution >= 4 is 34.9 Å². The first kappa shape index (κ1) is 21.1. The number of aryl methyl sites for hydroxylation is 3. The third-order valence-corrected chi connectivity index (χ3v) is 6.18. The second-order valence-corrected chi connectivity index (χ2v) is 8.82. The molecule has 4 aromatic rings. The quantitative estimate of drug-likeness (QED) is 0.451. The lowest BCUT2D eigenvalue weighted by molar-refractivity contribution is 0.0983. The van der Waals surface area contributed by atoms with Gasteiger partial charge >= 0.3 is 6.03 Å². The highest BCUT2D eigenvalue weighted by molar-refractivity contribution is 6.30. The van der Waals surface area contributed by atoms with Crippen molar-refractivity contribution in [2.45, 2.75) is 26.8 Å². The summed E-state index contributed by atoms with van der Waals surface area (Å²) in [4.78, 5) is 29.9. The maximum atomic E-state index is 13.9. The molecule has 0 N–H and O–H groups in total. The van der Waals surface area contributed by atoms with Crippen LogP contribution in [0.1, 0.15) is 44.7 Å². The third kappa shape index (κ3) is 3.11. The molecule has 0 bridgehead atoms. The van der Waals surface area contributed by atoms with E-state index in [2.05, 4.69) is 15.3 Å². The van der Waals surface area contributed by atoms with Crippen molar-refractivity contribution in [3.8, 4) is 0 Å². The molecule has 0 aliphatic carbocycles. The number of hydrogen-bond donors (Lipinski definition) is 0. The minimum Gasteiger partial charge on any atom is -0.329 e. The van der Waals surface area contributed by atoms with Crippen molar-refractivity contribution in [2.75, 3.05) is 19.0 Å². The zero-order valence-corrected chi connectivity index (χ0v) is 19.6. The molecule has 0 radical (unpaired) electrons. The van der Waals surface area contributed by atoms with Gasteiger partial charge in [0.15, 0.2) is 5.65 Å². The van der Waals surface area contributed by atoms with Gasteiger partial charge in [0.2, 0.25) is 0 Å². The number of halogens is 1. The van der Waals surface area contributed by atoms with E-state index in [9.17, 15) is 9.59 Å². The predicted octanol–water partition coefficient (Wildman–Crippen LogP) is 3.78. The highest BCUT2D eigenvalue weighted by Crippen LogP contribution is 2.43. The fourth-order valence-electron chi connectivity index (χ4n) is 4.37. The molecule has 168 valence electrons. The number of carbonyl (C=O) groups is 2. The number of fused-ring (bicyclic) bond motifs is 2. The number of rotatable bonds is 2. The van der Waals surface area contributed by atoms with Gasteiger partial charge in [-0.1, -0.05) is 23.7 Å². The van der Waals surface area contributed by atoms with Crippen LogP contribution in [0.3, 0.4) is 0 Å². The van der Waals surface area contributed by atoms with Gasteiger partial charge in [-0.05, 0) is 50.1 Å². The van der Waals surface area contributed by atoms with Crippen LogP contribution in [0.2, 0.25) is 5.02 Å². The highest BCUT2D eigenvalue weighted by atomic mass is 35.5. The van der Waals surface area contributed by atoms with Crippen molar-refractivity contribution in [3.63, 3.8) is 0 Å². The van der Waals surface area contributed by atoms with Crippen molar-refractivity contribution in [3.05, 3.63) is 75.5 Å². The van der Waals surface area contributed by atoms with Crippen molar-refractivity contribution < 1.29 is 9.59 Å². The zero-order valence-electron chi connectivity index (χ0n) is 18.9. The van der Waals surface area contributed by atoms with Gasteiger partial charge < -0.3 is 4.90 Å². The standard InChI is InChI=1S/C23H22ClN7O2/c1-12-10-17(11-29-14(3)25-26-21(12)29)30-19(15-6-8-16(24)9-7-15)18-13(2)27-31(20(18)22(30)32)23(33)28(4)5/h6-11,19H,1-5H3. The smallest absolute Gasteiger partial charge is 0.329 e. The lowest BCUT2D eigenvalue weighted by atomic mass is 9.99. The van der Waals surface area contributed by atoms with Gasteiger partial charge in [0, 0.05) is 30.9 Å². The maximum absolute atomic E-state index is 13.9. The Morgan fingerprint density at radius 2 is 1.79 bits per heavy atom. The van der Waals surface area contributed by atoms with E-state index < -0.39 is 6.04 Å². The Morgan fingerprint density at radius 1 is 1.09 bits per heavy atom. The average molecular weight is 464 g/mol. The van der Waals surface area contributed by atoms with Crippen molar-refractivity contribution in [2.24, 2.45) is 0 Å². The predicted molar refractivity (Wildman–Crippen MR) is 124 cm³/mol. The number of pyridine rings is 1. The summed E-state index contributed by atoms with van der Waals surface area (Å²) in [6, 6.07) is 8.43. The fourth-order valence-corrected chi connectivity index (χ4v) is 4.49. The Hall–Kier alpha value is -3.72. The number of hydrogen-bond acceptors (Lipinski definition) is 5. The molecule has 1 unspecified atom stereocenters. The minimum absolute atomic E-state index is 0.268. The van der Waals surface area contributed by atoms with Gasteiger partial charge in [0.05, 0.1) is 17.4 Å². The van der Waals surface area contributed by atoms with Gasteiger partial charge in [-0.3, -0.25) is 14.1 Å². The summed E-state index contributed by atoms with van der Waals surface area (Å²) in [6.45, 7) is 5.61. The molecule has 5 rings (SSSR count). The van der Waals surface area contributed by atoms with Crippen LogP contribution in [-0.4, -0.2) is 55.3 Å². The van der Waals surface area contributed by atoms with E-state index in [4.69, 9.17) is 11.6 Å². The fraction of sp³-hybridized carbons (Fsp3) is 0.261. The number of amides is 2. The van der Waals surface area contributed by atoms with Crippen LogP contribution in [0.15, 0.2) is 36.5 Å². The van der Waals surface area contributed by atoms with E-state index in [1.807, 2.05) is 49.6 Å². The van der Waals surface area contributed by atoms with Gasteiger partial charge in [-0.25, -0.2) is 4.79 Å². The Labute approximate surface area is 195 Å². The molecule has 0 fully saturated rings. The molecule has 1 atom stereocenters. The Kier molecular flexibility index (Phi) is 4.75. The molecule has 1 aromatic carbocycles. The van der Waals surface area contributed by atoms with Crippen LogP contribution in [0, 0.1) is 20.8 Å². The molecule has 33 heavy (non-hydrogen) atoms. The second-order valence-electron chi connectivity index (χ2n) is 8.39. The lowest BCUT2D eigenvalue weighted by Crippen LogP contribution is -2.34. The number of carbonyl (C=O) groups excluding carboxylic acids is 2. The number of benzene rings is 1. The van der Waals surface area contributed by atoms with Gasteiger partial charge in [0.25, 0.3) is 5.91 Å². The van der Waals surface area contributed by atoms with Gasteiger partial charge in [-0.2, -0.15) is 9.78 Å². The largest absolute Gasteiger partial charge is 0.344 e. The average Bonchev–Trinajstić information content (AvgIpc) is 3.41. The minimum atomic E-state index is -0.470. The van der Waals surface area contributed by atoms with Crippen molar-refractivity contribution in [1.82, 2.24) is 29.3 Å². The van der Waals surface area contributed by atoms with Crippen LogP contribution in [0.25, 0.3) is 5.65 Å². The van der Waals surface area contributed by atoms with E-state index in [-0.39, 0.29) is 17.6 Å². The molecule has 1 aliphatic heterocycles. The topological polar surface area (TPSA) is 88.6 Å². The van der Waals surface area contributed by atoms with Crippen LogP contribution in [0.5, 0.6) is 0 Å². The molecule has 3 aromatic heterocycles. The maximum Gasteiger partial charge on any atom is 0.344 e. The monoisotopic (exact) mass is 463 g/mol. The van der Waals surface area contributed by atoms with Gasteiger partial charge in [0.1, 0.15) is 11.5 Å². The molecule has 0 saturated heterocycles. The molecule has 1 aliphatic rings. The summed E-state index contributed by atoms with van der Waals surface area (Å²) in [5, 5.41) is 13.4. The first-order chi connectivity index (χ1) is 15.7. The molecule has 0 saturated carbocycles. The van der Waals surface area contributed by atoms with E-state index in [1.54, 1.807) is 31.1 Å². The second kappa shape index (κ2) is 7.41. The number of aromatic nitrogens is 5. The molecule has 10 heteroatoms. The summed E-state index contributed by atoms with van der Waals surface area (Å²) in [6.07, 6.45) is 1.85.